The van der Waals surface area contributed by atoms with E-state index in [0.29, 0.717) is 15.8 Å². The van der Waals surface area contributed by atoms with Gasteiger partial charge in [0.1, 0.15) is 16.0 Å². The van der Waals surface area contributed by atoms with Gasteiger partial charge in [0.2, 0.25) is 11.8 Å². The summed E-state index contributed by atoms with van der Waals surface area (Å²) in [5, 5.41) is 8.29. The lowest BCUT2D eigenvalue weighted by Gasteiger charge is -2.17. The SMILES string of the molecule is COc1ccccc1N1C(=O)C[C@H](Sc2nnc(C)s2)C1=O. The minimum absolute atomic E-state index is 0.153. The molecule has 3 rings (SSSR count). The summed E-state index contributed by atoms with van der Waals surface area (Å²) in [6.07, 6.45) is 0.153. The summed E-state index contributed by atoms with van der Waals surface area (Å²) in [5.41, 5.74) is 0.483. The van der Waals surface area contributed by atoms with E-state index in [4.69, 9.17) is 4.74 Å². The number of thioether (sulfide) groups is 1. The zero-order chi connectivity index (χ0) is 15.7. The summed E-state index contributed by atoms with van der Waals surface area (Å²) in [4.78, 5) is 26.0. The summed E-state index contributed by atoms with van der Waals surface area (Å²) in [6, 6.07) is 7.00. The predicted octanol–water partition coefficient (Wildman–Crippen LogP) is 2.28. The van der Waals surface area contributed by atoms with Crippen LogP contribution in [0.15, 0.2) is 28.6 Å². The molecule has 0 saturated carbocycles. The minimum atomic E-state index is -0.468. The average Bonchev–Trinajstić information content (AvgIpc) is 3.03. The minimum Gasteiger partial charge on any atom is -0.495 e. The van der Waals surface area contributed by atoms with Crippen LogP contribution in [-0.4, -0.2) is 34.4 Å². The topological polar surface area (TPSA) is 72.4 Å². The van der Waals surface area contributed by atoms with E-state index < -0.39 is 5.25 Å². The van der Waals surface area contributed by atoms with Gasteiger partial charge in [-0.05, 0) is 19.1 Å². The first-order valence-corrected chi connectivity index (χ1v) is 8.26. The van der Waals surface area contributed by atoms with Crippen LogP contribution in [0.4, 0.5) is 5.69 Å². The number of aromatic nitrogens is 2. The third kappa shape index (κ3) is 2.71. The second-order valence-corrected chi connectivity index (χ2v) is 7.27. The van der Waals surface area contributed by atoms with Gasteiger partial charge >= 0.3 is 0 Å². The quantitative estimate of drug-likeness (QED) is 0.798. The second kappa shape index (κ2) is 6.05. The van der Waals surface area contributed by atoms with Gasteiger partial charge in [0.05, 0.1) is 12.8 Å². The van der Waals surface area contributed by atoms with Gasteiger partial charge in [-0.3, -0.25) is 9.59 Å². The molecule has 1 aliphatic heterocycles. The first-order chi connectivity index (χ1) is 10.6. The summed E-state index contributed by atoms with van der Waals surface area (Å²) < 4.78 is 5.94. The first-order valence-electron chi connectivity index (χ1n) is 6.56. The summed E-state index contributed by atoms with van der Waals surface area (Å²) in [7, 11) is 1.51. The van der Waals surface area contributed by atoms with Gasteiger partial charge < -0.3 is 4.74 Å². The molecular formula is C14H13N3O3S2. The average molecular weight is 335 g/mol. The second-order valence-electron chi connectivity index (χ2n) is 4.64. The molecule has 8 heteroatoms. The lowest BCUT2D eigenvalue weighted by atomic mass is 10.2. The van der Waals surface area contributed by atoms with Crippen LogP contribution in [0, 0.1) is 6.92 Å². The molecule has 114 valence electrons. The van der Waals surface area contributed by atoms with Crippen LogP contribution >= 0.6 is 23.1 Å². The van der Waals surface area contributed by atoms with Crippen LogP contribution in [0.5, 0.6) is 5.75 Å². The van der Waals surface area contributed by atoms with E-state index in [1.807, 2.05) is 6.92 Å². The highest BCUT2D eigenvalue weighted by atomic mass is 32.2. The lowest BCUT2D eigenvalue weighted by Crippen LogP contribution is -2.31. The molecule has 0 bridgehead atoms. The molecule has 6 nitrogen and oxygen atoms in total. The number of ether oxygens (including phenoxy) is 1. The van der Waals surface area contributed by atoms with E-state index >= 15 is 0 Å². The van der Waals surface area contributed by atoms with Crippen molar-refractivity contribution in [3.63, 3.8) is 0 Å². The fourth-order valence-electron chi connectivity index (χ4n) is 2.21. The smallest absolute Gasteiger partial charge is 0.247 e. The number of para-hydroxylation sites is 2. The number of carbonyl (C=O) groups excluding carboxylic acids is 2. The van der Waals surface area contributed by atoms with Gasteiger partial charge in [0.25, 0.3) is 0 Å². The number of methoxy groups -OCH3 is 1. The van der Waals surface area contributed by atoms with E-state index in [0.717, 1.165) is 5.01 Å². The van der Waals surface area contributed by atoms with E-state index in [2.05, 4.69) is 10.2 Å². The van der Waals surface area contributed by atoms with Crippen molar-refractivity contribution in [1.29, 1.82) is 0 Å². The molecule has 22 heavy (non-hydrogen) atoms. The molecule has 1 fully saturated rings. The van der Waals surface area contributed by atoms with Gasteiger partial charge in [-0.15, -0.1) is 10.2 Å². The van der Waals surface area contributed by atoms with Crippen molar-refractivity contribution in [2.45, 2.75) is 22.9 Å². The van der Waals surface area contributed by atoms with Gasteiger partial charge in [-0.2, -0.15) is 0 Å². The molecule has 1 aromatic heterocycles. The fourth-order valence-corrected chi connectivity index (χ4v) is 4.29. The first kappa shape index (κ1) is 15.0. The maximum atomic E-state index is 12.6. The fraction of sp³-hybridized carbons (Fsp3) is 0.286. The van der Waals surface area contributed by atoms with Crippen molar-refractivity contribution in [3.05, 3.63) is 29.3 Å². The van der Waals surface area contributed by atoms with Crippen LogP contribution in [-0.2, 0) is 9.59 Å². The number of aryl methyl sites for hydroxylation is 1. The van der Waals surface area contributed by atoms with Crippen molar-refractivity contribution >= 4 is 40.6 Å². The van der Waals surface area contributed by atoms with Crippen LogP contribution in [0.3, 0.4) is 0 Å². The number of benzene rings is 1. The number of hydrogen-bond donors (Lipinski definition) is 0. The highest BCUT2D eigenvalue weighted by Gasteiger charge is 2.41. The van der Waals surface area contributed by atoms with Crippen LogP contribution < -0.4 is 9.64 Å². The van der Waals surface area contributed by atoms with Gasteiger partial charge in [0, 0.05) is 6.42 Å². The number of rotatable bonds is 4. The maximum absolute atomic E-state index is 12.6. The number of nitrogens with zero attached hydrogens (tertiary/aromatic N) is 3. The Morgan fingerprint density at radius 2 is 2.09 bits per heavy atom. The molecule has 1 aliphatic rings. The summed E-state index contributed by atoms with van der Waals surface area (Å²) in [5.74, 6) is 0.0298. The molecule has 1 atom stereocenters. The van der Waals surface area contributed by atoms with Crippen LogP contribution in [0.2, 0.25) is 0 Å². The monoisotopic (exact) mass is 335 g/mol. The highest BCUT2D eigenvalue weighted by molar-refractivity contribution is 8.02. The Morgan fingerprint density at radius 1 is 1.32 bits per heavy atom. The number of amides is 2. The predicted molar refractivity (Wildman–Crippen MR) is 84.4 cm³/mol. The third-order valence-electron chi connectivity index (χ3n) is 3.18. The summed E-state index contributed by atoms with van der Waals surface area (Å²) in [6.45, 7) is 1.85. The summed E-state index contributed by atoms with van der Waals surface area (Å²) >= 11 is 2.70. The Morgan fingerprint density at radius 3 is 2.77 bits per heavy atom. The molecular weight excluding hydrogens is 322 g/mol. The van der Waals surface area contributed by atoms with Crippen molar-refractivity contribution in [1.82, 2.24) is 10.2 Å². The highest BCUT2D eigenvalue weighted by Crippen LogP contribution is 2.37. The van der Waals surface area contributed by atoms with Gasteiger partial charge in [-0.25, -0.2) is 4.90 Å². The van der Waals surface area contributed by atoms with Crippen molar-refractivity contribution in [3.8, 4) is 5.75 Å². The molecule has 0 aliphatic carbocycles. The van der Waals surface area contributed by atoms with Gasteiger partial charge in [0.15, 0.2) is 4.34 Å². The molecule has 2 amide bonds. The van der Waals surface area contributed by atoms with Crippen LogP contribution in [0.1, 0.15) is 11.4 Å². The Balaban J connectivity index is 1.85. The van der Waals surface area contributed by atoms with Crippen molar-refractivity contribution in [2.24, 2.45) is 0 Å². The number of carbonyl (C=O) groups is 2. The molecule has 0 radical (unpaired) electrons. The Kier molecular flexibility index (Phi) is 4.12. The Labute approximate surface area is 135 Å². The van der Waals surface area contributed by atoms with Crippen molar-refractivity contribution in [2.75, 3.05) is 12.0 Å². The third-order valence-corrected chi connectivity index (χ3v) is 5.29. The largest absolute Gasteiger partial charge is 0.495 e. The number of hydrogen-bond acceptors (Lipinski definition) is 7. The molecule has 0 unspecified atom stereocenters. The number of imide groups is 1. The Bertz CT molecular complexity index is 732. The van der Waals surface area contributed by atoms with E-state index in [-0.39, 0.29) is 18.2 Å². The zero-order valence-electron chi connectivity index (χ0n) is 12.0. The van der Waals surface area contributed by atoms with E-state index in [9.17, 15) is 9.59 Å². The zero-order valence-corrected chi connectivity index (χ0v) is 13.6. The Hall–Kier alpha value is -1.93. The lowest BCUT2D eigenvalue weighted by molar-refractivity contribution is -0.121. The molecule has 1 aromatic carbocycles. The number of anilines is 1. The molecule has 1 saturated heterocycles. The van der Waals surface area contributed by atoms with E-state index in [1.165, 1.54) is 35.1 Å². The normalized spacial score (nSPS) is 18.1. The maximum Gasteiger partial charge on any atom is 0.247 e. The molecule has 2 heterocycles. The van der Waals surface area contributed by atoms with Crippen LogP contribution in [0.25, 0.3) is 0 Å². The van der Waals surface area contributed by atoms with Gasteiger partial charge in [-0.1, -0.05) is 35.2 Å². The van der Waals surface area contributed by atoms with E-state index in [1.54, 1.807) is 24.3 Å². The standard InChI is InChI=1S/C14H13N3O3S2/c1-8-15-16-14(21-8)22-11-7-12(18)17(13(11)19)9-5-3-4-6-10(9)20-2/h3-6,11H,7H2,1-2H3/t11-/m0/s1. The molecule has 2 aromatic rings. The molecule has 0 spiro atoms. The molecule has 0 N–H and O–H groups in total. The van der Waals surface area contributed by atoms with Crippen molar-refractivity contribution < 1.29 is 14.3 Å².